The van der Waals surface area contributed by atoms with E-state index in [-0.39, 0.29) is 122 Å². The molecular formula is C89H144ClN13O20S. The SMILES string of the molecule is C=CCNC(=O)C(=O)[C@@H]1CCCCCCCOC[C@H](N)C(=O)N2C[C@H]3[C@@H]([C@H]2C(=O)N1)C3(C)C.C=CCNC(=O)C(=O)[C@@H]1CCCCCCCOC[C@H](NC(=O)NC2(CS(=O)(=O)C(C)(C)C)CCCCC2)C(=O)N2C[C@H]3[C@@H]([C@H]2C(=O)N1)C3(C)C.C=CCNC(=O)C(=O)[C@@H]1CCCCCCCOC[C@H](NC(=O)OC(C)(C)C)C(=O)N2C[C@H]3[C@@H]([C@H]2C(=O)N1)C3(C)C.Cl. The molecule has 12 amide bonds. The number of fused-ring (bicyclic) bond motifs is 9. The van der Waals surface area contributed by atoms with E-state index in [1.165, 1.54) is 28.0 Å². The number of rotatable bonds is 17. The Hall–Kier alpha value is -7.92. The van der Waals surface area contributed by atoms with Gasteiger partial charge < -0.3 is 87.2 Å². The lowest BCUT2D eigenvalue weighted by molar-refractivity contribution is -0.145. The van der Waals surface area contributed by atoms with Gasteiger partial charge in [0, 0.05) is 59.1 Å². The predicted molar refractivity (Wildman–Crippen MR) is 468 cm³/mol. The van der Waals surface area contributed by atoms with Gasteiger partial charge >= 0.3 is 12.1 Å². The number of urea groups is 1. The van der Waals surface area contributed by atoms with Crippen molar-refractivity contribution in [2.24, 2.45) is 57.5 Å². The first kappa shape index (κ1) is 103. The first-order valence-electron chi connectivity index (χ1n) is 44.8. The Morgan fingerprint density at radius 1 is 0.476 bits per heavy atom. The van der Waals surface area contributed by atoms with Crippen LogP contribution in [0.4, 0.5) is 9.59 Å². The summed E-state index contributed by atoms with van der Waals surface area (Å²) in [6, 6.07) is -9.09. The summed E-state index contributed by atoms with van der Waals surface area (Å²) in [5.74, 6) is -7.16. The van der Waals surface area contributed by atoms with Crippen LogP contribution in [0.25, 0.3) is 0 Å². The number of nitrogens with two attached hydrogens (primary N) is 1. The van der Waals surface area contributed by atoms with Crippen LogP contribution in [-0.4, -0.2) is 261 Å². The lowest BCUT2D eigenvalue weighted by Gasteiger charge is -2.40. The molecule has 0 aromatic heterocycles. The van der Waals surface area contributed by atoms with E-state index in [0.29, 0.717) is 84.4 Å². The molecule has 0 aromatic carbocycles. The van der Waals surface area contributed by atoms with Crippen LogP contribution in [0.3, 0.4) is 0 Å². The van der Waals surface area contributed by atoms with E-state index < -0.39 is 157 Å². The second kappa shape index (κ2) is 45.2. The van der Waals surface area contributed by atoms with Crippen molar-refractivity contribution in [1.29, 1.82) is 0 Å². The maximum absolute atomic E-state index is 14.3. The van der Waals surface area contributed by atoms with Crippen LogP contribution in [0.2, 0.25) is 0 Å². The average Bonchev–Trinajstić information content (AvgIpc) is 1.54. The monoisotopic (exact) mass is 1780 g/mol. The molecule has 124 heavy (non-hydrogen) atoms. The van der Waals surface area contributed by atoms with Crippen molar-refractivity contribution >= 4 is 105 Å². The number of hydrogen-bond acceptors (Lipinski definition) is 21. The molecule has 6 saturated heterocycles. The zero-order chi connectivity index (χ0) is 90.7. The van der Waals surface area contributed by atoms with Gasteiger partial charge in [0.05, 0.1) is 54.0 Å². The average molecular weight is 1780 g/mol. The maximum Gasteiger partial charge on any atom is 0.408 e. The van der Waals surface area contributed by atoms with Crippen molar-refractivity contribution in [2.75, 3.05) is 84.7 Å². The number of nitrogens with zero attached hydrogens (tertiary/aromatic N) is 3. The molecule has 10 fully saturated rings. The highest BCUT2D eigenvalue weighted by Crippen LogP contribution is 2.67. The van der Waals surface area contributed by atoms with E-state index in [1.54, 1.807) is 46.4 Å². The second-order valence-corrected chi connectivity index (χ2v) is 41.7. The van der Waals surface area contributed by atoms with Crippen LogP contribution in [0.1, 0.15) is 231 Å². The lowest BCUT2D eigenvalue weighted by Crippen LogP contribution is -2.62. The van der Waals surface area contributed by atoms with Gasteiger partial charge in [-0.3, -0.25) is 57.5 Å². The molecule has 33 nitrogen and oxygen atoms in total. The molecule has 0 bridgehead atoms. The highest BCUT2D eigenvalue weighted by Gasteiger charge is 2.72. The first-order valence-corrected chi connectivity index (χ1v) is 46.5. The summed E-state index contributed by atoms with van der Waals surface area (Å²) in [5, 5.41) is 24.4. The fraction of sp³-hybridized carbons (Fsp3) is 0.775. The van der Waals surface area contributed by atoms with Crippen LogP contribution in [0, 0.1) is 51.8 Å². The van der Waals surface area contributed by atoms with Gasteiger partial charge in [0.25, 0.3) is 17.7 Å². The molecule has 0 unspecified atom stereocenters. The van der Waals surface area contributed by atoms with Gasteiger partial charge in [-0.05, 0) is 145 Å². The number of ketones is 3. The van der Waals surface area contributed by atoms with Crippen molar-refractivity contribution in [2.45, 2.75) is 301 Å². The van der Waals surface area contributed by atoms with Gasteiger partial charge in [-0.25, -0.2) is 18.0 Å². The quantitative estimate of drug-likeness (QED) is 0.0606. The molecule has 0 spiro atoms. The molecule has 11 N–H and O–H groups in total. The van der Waals surface area contributed by atoms with Gasteiger partial charge in [-0.2, -0.15) is 0 Å². The summed E-state index contributed by atoms with van der Waals surface area (Å²) in [6.07, 6.45) is 20.5. The Bertz CT molecular complexity index is 3950. The Morgan fingerprint density at radius 3 is 1.13 bits per heavy atom. The summed E-state index contributed by atoms with van der Waals surface area (Å²) in [5.41, 5.74) is 3.93. The number of amides is 12. The van der Waals surface area contributed by atoms with Gasteiger partial charge in [0.2, 0.25) is 52.8 Å². The molecule has 4 aliphatic carbocycles. The second-order valence-electron chi connectivity index (χ2n) is 39.0. The van der Waals surface area contributed by atoms with Gasteiger partial charge in [-0.1, -0.05) is 156 Å². The van der Waals surface area contributed by atoms with Crippen molar-refractivity contribution in [3.05, 3.63) is 38.0 Å². The topological polar surface area (TPSA) is 454 Å². The minimum absolute atomic E-state index is 0. The van der Waals surface area contributed by atoms with E-state index in [1.807, 2.05) is 13.8 Å². The Labute approximate surface area is 739 Å². The minimum Gasteiger partial charge on any atom is -0.444 e. The molecule has 6 aliphatic heterocycles. The molecule has 0 aromatic rings. The highest BCUT2D eigenvalue weighted by atomic mass is 35.5. The third-order valence-electron chi connectivity index (χ3n) is 26.8. The molecule has 10 aliphatic rings. The largest absolute Gasteiger partial charge is 0.444 e. The smallest absolute Gasteiger partial charge is 0.408 e. The van der Waals surface area contributed by atoms with E-state index >= 15 is 0 Å². The molecule has 10 rings (SSSR count). The number of halogens is 1. The van der Waals surface area contributed by atoms with Gasteiger partial charge in [0.15, 0.2) is 9.84 Å². The van der Waals surface area contributed by atoms with E-state index in [2.05, 4.69) is 95.3 Å². The Balaban J connectivity index is 0.000000260. The van der Waals surface area contributed by atoms with E-state index in [9.17, 15) is 75.5 Å². The summed E-state index contributed by atoms with van der Waals surface area (Å²) >= 11 is 0. The van der Waals surface area contributed by atoms with Crippen molar-refractivity contribution in [3.63, 3.8) is 0 Å². The first-order chi connectivity index (χ1) is 57.9. The van der Waals surface area contributed by atoms with Crippen molar-refractivity contribution in [3.8, 4) is 0 Å². The number of ether oxygens (including phenoxy) is 4. The molecule has 15 atom stereocenters. The summed E-state index contributed by atoms with van der Waals surface area (Å²) in [7, 11) is -3.58. The Kier molecular flexibility index (Phi) is 37.6. The fourth-order valence-corrected chi connectivity index (χ4v) is 20.7. The Morgan fingerprint density at radius 2 is 0.790 bits per heavy atom. The number of carbonyl (C=O) groups is 14. The number of piperidine rings is 3. The molecule has 6 heterocycles. The van der Waals surface area contributed by atoms with Crippen LogP contribution in [0.15, 0.2) is 38.0 Å². The fourth-order valence-electron chi connectivity index (χ4n) is 19.1. The number of alkyl carbamates (subject to hydrolysis) is 1. The standard InChI is InChI=1S/C36H59N5O8S.C29H46N4O7.C24H38N4O5.ClH/c1-7-19-37-31(44)29(42)25-16-12-9-8-10-15-20-49-22-26(32(45)41-21-24-27(35(24,5)6)28(41)30(43)38-25)39-33(46)40-36(17-13-11-14-18-36)23-50(47,48)34(2,3)4;1-7-14-30-25(36)23(34)19-13-11-9-8-10-12-15-39-17-20(32-27(38)40-28(2,3)4)26(37)33-16-18-21(29(18,5)6)22(33)24(35)31-19;1-4-11-26-22(31)20(29)17-10-8-6-5-7-9-12-33-14-16(25)23(32)28-13-15-18(24(15,2)3)19(28)21(30)27-17;/h7,24-28H,1,8-23H2,2-6H3,(H,37,44)(H,38,43)(H2,39,40,46);7,18-22H,1,8-17H2,2-6H3,(H,30,36)(H,31,35)(H,32,38);4,15-19H,1,5-14,25H2,2-3H3,(H,26,31)(H,27,30);1H/t24-,25-,26-,27-,28-;18-,19-,20-,21-,22-;15-,16-,17-,18-,19-;/m000./s1. The number of Topliss-reactive ketones (excluding diaryl/α,β-unsaturated/α-hetero) is 3. The van der Waals surface area contributed by atoms with Gasteiger partial charge in [-0.15, -0.1) is 32.1 Å². The third kappa shape index (κ3) is 26.9. The number of hydrogen-bond donors (Lipinski definition) is 10. The van der Waals surface area contributed by atoms with Crippen LogP contribution in [-0.2, 0) is 86.3 Å². The summed E-state index contributed by atoms with van der Waals surface area (Å²) in [6.45, 7) is 36.0. The highest BCUT2D eigenvalue weighted by molar-refractivity contribution is 7.92. The molecule has 4 saturated carbocycles. The summed E-state index contributed by atoms with van der Waals surface area (Å²) in [4.78, 5) is 190. The minimum atomic E-state index is -3.58. The molecule has 0 radical (unpaired) electrons. The van der Waals surface area contributed by atoms with Crippen molar-refractivity contribution in [1.82, 2.24) is 62.6 Å². The van der Waals surface area contributed by atoms with Crippen LogP contribution < -0.4 is 53.6 Å². The lowest BCUT2D eigenvalue weighted by atomic mass is 9.83. The zero-order valence-electron chi connectivity index (χ0n) is 75.4. The van der Waals surface area contributed by atoms with Crippen LogP contribution >= 0.6 is 12.4 Å². The third-order valence-corrected chi connectivity index (χ3v) is 29.6. The molecule has 35 heteroatoms. The zero-order valence-corrected chi connectivity index (χ0v) is 77.0. The normalized spacial score (nSPS) is 29.9. The molecular weight excluding hydrogens is 1640 g/mol. The van der Waals surface area contributed by atoms with Crippen molar-refractivity contribution < 1.29 is 94.5 Å². The van der Waals surface area contributed by atoms with Gasteiger partial charge in [0.1, 0.15) is 41.9 Å². The molecule has 698 valence electrons. The summed E-state index contributed by atoms with van der Waals surface area (Å²) < 4.78 is 48.4. The van der Waals surface area contributed by atoms with E-state index in [4.69, 9.17) is 24.7 Å². The predicted octanol–water partition coefficient (Wildman–Crippen LogP) is 5.82. The number of nitrogens with one attached hydrogen (secondary N) is 9. The number of sulfone groups is 1. The van der Waals surface area contributed by atoms with Crippen LogP contribution in [0.5, 0.6) is 0 Å². The number of carbonyl (C=O) groups excluding carboxylic acids is 14. The maximum atomic E-state index is 14.3. The van der Waals surface area contributed by atoms with E-state index in [0.717, 1.165) is 96.3 Å².